The molecular weight excluding hydrogens is 282 g/mol. The third-order valence-corrected chi connectivity index (χ3v) is 4.09. The van der Waals surface area contributed by atoms with E-state index in [0.29, 0.717) is 10.7 Å². The van der Waals surface area contributed by atoms with Crippen molar-refractivity contribution < 1.29 is 4.79 Å². The largest absolute Gasteiger partial charge is 0.335 e. The molecule has 5 heteroatoms. The van der Waals surface area contributed by atoms with Crippen LogP contribution in [0.15, 0.2) is 29.3 Å². The number of nitrogens with one attached hydrogen (secondary N) is 2. The average molecular weight is 305 g/mol. The lowest BCUT2D eigenvalue weighted by Crippen LogP contribution is -2.16. The van der Waals surface area contributed by atoms with Crippen LogP contribution in [-0.4, -0.2) is 22.9 Å². The third kappa shape index (κ3) is 5.42. The van der Waals surface area contributed by atoms with Gasteiger partial charge in [0.2, 0.25) is 5.91 Å². The van der Waals surface area contributed by atoms with Gasteiger partial charge in [-0.15, -0.1) is 0 Å². The van der Waals surface area contributed by atoms with E-state index in [1.807, 2.05) is 24.3 Å². The van der Waals surface area contributed by atoms with Crippen molar-refractivity contribution in [3.8, 4) is 0 Å². The molecule has 1 aromatic carbocycles. The van der Waals surface area contributed by atoms with Crippen LogP contribution in [-0.2, 0) is 4.79 Å². The van der Waals surface area contributed by atoms with E-state index in [0.717, 1.165) is 29.5 Å². The van der Waals surface area contributed by atoms with Gasteiger partial charge in [-0.25, -0.2) is 0 Å². The van der Waals surface area contributed by atoms with E-state index in [-0.39, 0.29) is 5.91 Å². The first-order valence-electron chi connectivity index (χ1n) is 7.18. The number of anilines is 2. The van der Waals surface area contributed by atoms with E-state index < -0.39 is 0 Å². The minimum absolute atomic E-state index is 0.0648. The molecule has 0 saturated heterocycles. The van der Waals surface area contributed by atoms with Gasteiger partial charge in [0.25, 0.3) is 0 Å². The molecule has 1 aliphatic heterocycles. The minimum atomic E-state index is -0.0648. The highest BCUT2D eigenvalue weighted by Crippen LogP contribution is 2.32. The predicted octanol–water partition coefficient (Wildman–Crippen LogP) is 3.96. The van der Waals surface area contributed by atoms with Crippen molar-refractivity contribution in [1.82, 2.24) is 0 Å². The number of thioether (sulfide) groups is 1. The Morgan fingerprint density at radius 1 is 1.38 bits per heavy atom. The fraction of sp³-hybridized carbons (Fsp3) is 0.500. The van der Waals surface area contributed by atoms with Crippen molar-refractivity contribution in [2.24, 2.45) is 10.4 Å². The molecule has 1 amide bonds. The standard InChI is InChI=1S/C16H23N3OS/c1-11(20)18-12-6-5-7-13(8-12)19-15-17-10-14(21-15)9-16(2,3)4/h5-8,14H,9-10H2,1-4H3,(H,17,19)(H,18,20). The van der Waals surface area contributed by atoms with Crippen molar-refractivity contribution in [3.05, 3.63) is 24.3 Å². The Morgan fingerprint density at radius 2 is 2.10 bits per heavy atom. The smallest absolute Gasteiger partial charge is 0.221 e. The second-order valence-electron chi connectivity index (χ2n) is 6.54. The van der Waals surface area contributed by atoms with Crippen LogP contribution in [0.25, 0.3) is 0 Å². The number of benzene rings is 1. The van der Waals surface area contributed by atoms with Gasteiger partial charge in [-0.3, -0.25) is 9.79 Å². The number of carbonyl (C=O) groups excluding carboxylic acids is 1. The quantitative estimate of drug-likeness (QED) is 0.888. The van der Waals surface area contributed by atoms with Gasteiger partial charge < -0.3 is 10.6 Å². The van der Waals surface area contributed by atoms with Gasteiger partial charge >= 0.3 is 0 Å². The van der Waals surface area contributed by atoms with E-state index in [4.69, 9.17) is 0 Å². The summed E-state index contributed by atoms with van der Waals surface area (Å²) in [7, 11) is 0. The Morgan fingerprint density at radius 3 is 2.76 bits per heavy atom. The number of amidine groups is 1. The van der Waals surface area contributed by atoms with Crippen LogP contribution in [0.1, 0.15) is 34.1 Å². The number of aliphatic imine (C=N–C) groups is 1. The topological polar surface area (TPSA) is 53.5 Å². The Bertz CT molecular complexity index is 549. The lowest BCUT2D eigenvalue weighted by atomic mass is 9.90. The monoisotopic (exact) mass is 305 g/mol. The van der Waals surface area contributed by atoms with Crippen LogP contribution in [0.5, 0.6) is 0 Å². The SMILES string of the molecule is CC(=O)Nc1cccc(NC2=NCC(CC(C)(C)C)S2)c1. The molecule has 0 aliphatic carbocycles. The van der Waals surface area contributed by atoms with E-state index in [9.17, 15) is 4.79 Å². The highest BCUT2D eigenvalue weighted by molar-refractivity contribution is 8.15. The molecule has 4 nitrogen and oxygen atoms in total. The number of carbonyl (C=O) groups is 1. The summed E-state index contributed by atoms with van der Waals surface area (Å²) in [5.41, 5.74) is 2.07. The van der Waals surface area contributed by atoms with Gasteiger partial charge in [-0.1, -0.05) is 38.6 Å². The summed E-state index contributed by atoms with van der Waals surface area (Å²) in [5, 5.41) is 7.63. The van der Waals surface area contributed by atoms with Crippen molar-refractivity contribution in [1.29, 1.82) is 0 Å². The first-order valence-corrected chi connectivity index (χ1v) is 8.05. The van der Waals surface area contributed by atoms with Crippen LogP contribution < -0.4 is 10.6 Å². The Labute approximate surface area is 130 Å². The Kier molecular flexibility index (Phi) is 4.93. The summed E-state index contributed by atoms with van der Waals surface area (Å²) in [4.78, 5) is 15.7. The van der Waals surface area contributed by atoms with Gasteiger partial charge in [-0.05, 0) is 30.0 Å². The normalized spacial score (nSPS) is 18.3. The lowest BCUT2D eigenvalue weighted by molar-refractivity contribution is -0.114. The van der Waals surface area contributed by atoms with Gasteiger partial charge in [0, 0.05) is 23.5 Å². The van der Waals surface area contributed by atoms with Gasteiger partial charge in [0.1, 0.15) is 0 Å². The van der Waals surface area contributed by atoms with E-state index in [1.165, 1.54) is 6.92 Å². The lowest BCUT2D eigenvalue weighted by Gasteiger charge is -2.21. The summed E-state index contributed by atoms with van der Waals surface area (Å²) < 4.78 is 0. The van der Waals surface area contributed by atoms with Crippen molar-refractivity contribution >= 4 is 34.2 Å². The molecule has 114 valence electrons. The second-order valence-corrected chi connectivity index (χ2v) is 7.83. The number of hydrogen-bond acceptors (Lipinski definition) is 4. The molecule has 0 fully saturated rings. The molecule has 0 saturated carbocycles. The van der Waals surface area contributed by atoms with Gasteiger partial charge in [-0.2, -0.15) is 0 Å². The molecule has 2 rings (SSSR count). The Hall–Kier alpha value is -1.49. The highest BCUT2D eigenvalue weighted by Gasteiger charge is 2.25. The molecule has 0 spiro atoms. The van der Waals surface area contributed by atoms with Crippen molar-refractivity contribution in [2.45, 2.75) is 39.4 Å². The molecule has 1 atom stereocenters. The van der Waals surface area contributed by atoms with Crippen LogP contribution in [0.4, 0.5) is 11.4 Å². The summed E-state index contributed by atoms with van der Waals surface area (Å²) in [6, 6.07) is 7.69. The van der Waals surface area contributed by atoms with Crippen molar-refractivity contribution in [2.75, 3.05) is 17.2 Å². The molecule has 1 heterocycles. The number of nitrogens with zero attached hydrogens (tertiary/aromatic N) is 1. The molecule has 1 unspecified atom stereocenters. The molecule has 1 aromatic rings. The number of rotatable bonds is 3. The Balaban J connectivity index is 1.92. The molecular formula is C16H23N3OS. The number of hydrogen-bond donors (Lipinski definition) is 2. The summed E-state index contributed by atoms with van der Waals surface area (Å²) >= 11 is 1.80. The molecule has 21 heavy (non-hydrogen) atoms. The zero-order chi connectivity index (χ0) is 15.5. The summed E-state index contributed by atoms with van der Waals surface area (Å²) in [6.45, 7) is 9.16. The van der Waals surface area contributed by atoms with Crippen LogP contribution in [0, 0.1) is 5.41 Å². The molecule has 1 aliphatic rings. The van der Waals surface area contributed by atoms with Crippen LogP contribution >= 0.6 is 11.8 Å². The maximum Gasteiger partial charge on any atom is 0.221 e. The zero-order valence-corrected chi connectivity index (χ0v) is 13.9. The third-order valence-electron chi connectivity index (χ3n) is 2.99. The van der Waals surface area contributed by atoms with Gasteiger partial charge in [0.05, 0.1) is 6.54 Å². The minimum Gasteiger partial charge on any atom is -0.335 e. The summed E-state index contributed by atoms with van der Waals surface area (Å²) in [6.07, 6.45) is 1.15. The predicted molar refractivity (Wildman–Crippen MR) is 92.1 cm³/mol. The first kappa shape index (κ1) is 15.9. The van der Waals surface area contributed by atoms with E-state index in [1.54, 1.807) is 11.8 Å². The highest BCUT2D eigenvalue weighted by atomic mass is 32.2. The van der Waals surface area contributed by atoms with E-state index in [2.05, 4.69) is 36.4 Å². The van der Waals surface area contributed by atoms with Crippen molar-refractivity contribution in [3.63, 3.8) is 0 Å². The average Bonchev–Trinajstić information content (AvgIpc) is 2.73. The maximum atomic E-state index is 11.1. The molecule has 0 aromatic heterocycles. The molecule has 2 N–H and O–H groups in total. The van der Waals surface area contributed by atoms with Crippen LogP contribution in [0.2, 0.25) is 0 Å². The molecule has 0 bridgehead atoms. The zero-order valence-electron chi connectivity index (χ0n) is 13.1. The fourth-order valence-corrected chi connectivity index (χ4v) is 3.65. The van der Waals surface area contributed by atoms with Crippen LogP contribution in [0.3, 0.4) is 0 Å². The molecule has 0 radical (unpaired) electrons. The second kappa shape index (κ2) is 6.52. The van der Waals surface area contributed by atoms with Gasteiger partial charge in [0.15, 0.2) is 5.17 Å². The number of amides is 1. The fourth-order valence-electron chi connectivity index (χ4n) is 2.28. The first-order chi connectivity index (χ1) is 9.82. The van der Waals surface area contributed by atoms with E-state index >= 15 is 0 Å². The summed E-state index contributed by atoms with van der Waals surface area (Å²) in [5.74, 6) is -0.0648. The maximum absolute atomic E-state index is 11.1.